The maximum atomic E-state index is 11.9. The van der Waals surface area contributed by atoms with Gasteiger partial charge >= 0.3 is 12.1 Å². The van der Waals surface area contributed by atoms with E-state index in [4.69, 9.17) is 10.5 Å². The van der Waals surface area contributed by atoms with Gasteiger partial charge in [-0.05, 0) is 26.8 Å². The smallest absolute Gasteiger partial charge is 0.410 e. The maximum Gasteiger partial charge on any atom is 0.410 e. The van der Waals surface area contributed by atoms with Crippen molar-refractivity contribution in [2.45, 2.75) is 32.9 Å². The van der Waals surface area contributed by atoms with E-state index in [9.17, 15) is 9.59 Å². The standard InChI is InChI=1S/C14H21N3O4/c1-14(2,3)21-13(19)17(4)8-11-10(15)6-9(7-16-11)12(18)20-5/h6-7H,8,15H2,1-5H3. The highest BCUT2D eigenvalue weighted by Crippen LogP contribution is 2.15. The van der Waals surface area contributed by atoms with Crippen LogP contribution in [0.15, 0.2) is 12.3 Å². The summed E-state index contributed by atoms with van der Waals surface area (Å²) in [7, 11) is 2.87. The minimum absolute atomic E-state index is 0.183. The van der Waals surface area contributed by atoms with E-state index >= 15 is 0 Å². The Hall–Kier alpha value is -2.31. The number of rotatable bonds is 3. The second-order valence-corrected chi connectivity index (χ2v) is 5.59. The van der Waals surface area contributed by atoms with Gasteiger partial charge in [0.1, 0.15) is 5.60 Å². The number of nitrogen functional groups attached to an aromatic ring is 1. The summed E-state index contributed by atoms with van der Waals surface area (Å²) in [4.78, 5) is 28.7. The van der Waals surface area contributed by atoms with E-state index in [1.54, 1.807) is 27.8 Å². The summed E-state index contributed by atoms with van der Waals surface area (Å²) in [6.45, 7) is 5.55. The third-order valence-electron chi connectivity index (χ3n) is 2.52. The third-order valence-corrected chi connectivity index (χ3v) is 2.52. The van der Waals surface area contributed by atoms with Gasteiger partial charge in [-0.3, -0.25) is 4.98 Å². The van der Waals surface area contributed by atoms with Gasteiger partial charge in [0.25, 0.3) is 0 Å². The zero-order chi connectivity index (χ0) is 16.2. The van der Waals surface area contributed by atoms with Gasteiger partial charge in [0.05, 0.1) is 30.6 Å². The van der Waals surface area contributed by atoms with Crippen molar-refractivity contribution in [2.24, 2.45) is 0 Å². The number of amides is 1. The molecule has 0 radical (unpaired) electrons. The van der Waals surface area contributed by atoms with Crippen LogP contribution in [0.5, 0.6) is 0 Å². The number of nitrogens with two attached hydrogens (primary N) is 1. The molecular formula is C14H21N3O4. The van der Waals surface area contributed by atoms with E-state index < -0.39 is 17.7 Å². The maximum absolute atomic E-state index is 11.9. The first-order valence-corrected chi connectivity index (χ1v) is 6.41. The molecule has 0 bridgehead atoms. The fourth-order valence-corrected chi connectivity index (χ4v) is 1.50. The summed E-state index contributed by atoms with van der Waals surface area (Å²) < 4.78 is 9.82. The molecule has 0 saturated heterocycles. The van der Waals surface area contributed by atoms with Crippen LogP contribution in [0.2, 0.25) is 0 Å². The molecule has 1 aromatic rings. The van der Waals surface area contributed by atoms with Crippen LogP contribution in [0, 0.1) is 0 Å². The van der Waals surface area contributed by atoms with Crippen LogP contribution < -0.4 is 5.73 Å². The summed E-state index contributed by atoms with van der Waals surface area (Å²) in [5, 5.41) is 0. The molecule has 0 aliphatic carbocycles. The van der Waals surface area contributed by atoms with Gasteiger partial charge in [0.15, 0.2) is 0 Å². The normalized spacial score (nSPS) is 10.9. The minimum Gasteiger partial charge on any atom is -0.465 e. The molecule has 2 N–H and O–H groups in total. The van der Waals surface area contributed by atoms with Crippen LogP contribution in [-0.2, 0) is 16.0 Å². The first-order chi connectivity index (χ1) is 9.64. The number of nitrogens with zero attached hydrogens (tertiary/aromatic N) is 2. The van der Waals surface area contributed by atoms with Crippen LogP contribution >= 0.6 is 0 Å². The Bertz CT molecular complexity index is 538. The summed E-state index contributed by atoms with van der Waals surface area (Å²) in [6.07, 6.45) is 0.890. The van der Waals surface area contributed by atoms with Crippen LogP contribution in [0.25, 0.3) is 0 Å². The SMILES string of the molecule is COC(=O)c1cnc(CN(C)C(=O)OC(C)(C)C)c(N)c1. The van der Waals surface area contributed by atoms with Crippen LogP contribution in [0.3, 0.4) is 0 Å². The second-order valence-electron chi connectivity index (χ2n) is 5.59. The Morgan fingerprint density at radius 2 is 2.00 bits per heavy atom. The average Bonchev–Trinajstić information content (AvgIpc) is 2.38. The molecule has 0 aliphatic heterocycles. The average molecular weight is 295 g/mol. The van der Waals surface area contributed by atoms with Gasteiger partial charge in [-0.2, -0.15) is 0 Å². The number of esters is 1. The molecule has 0 saturated carbocycles. The van der Waals surface area contributed by atoms with Gasteiger partial charge in [0.2, 0.25) is 0 Å². The summed E-state index contributed by atoms with van der Waals surface area (Å²) in [5.74, 6) is -0.513. The predicted molar refractivity (Wildman–Crippen MR) is 77.7 cm³/mol. The fourth-order valence-electron chi connectivity index (χ4n) is 1.50. The van der Waals surface area contributed by atoms with Gasteiger partial charge in [-0.1, -0.05) is 0 Å². The fraction of sp³-hybridized carbons (Fsp3) is 0.500. The van der Waals surface area contributed by atoms with Crippen LogP contribution in [0.4, 0.5) is 10.5 Å². The highest BCUT2D eigenvalue weighted by molar-refractivity contribution is 5.90. The Kier molecular flexibility index (Phi) is 5.12. The lowest BCUT2D eigenvalue weighted by Crippen LogP contribution is -2.34. The Morgan fingerprint density at radius 3 is 2.48 bits per heavy atom. The number of ether oxygens (including phenoxy) is 2. The van der Waals surface area contributed by atoms with Gasteiger partial charge in [-0.15, -0.1) is 0 Å². The molecule has 21 heavy (non-hydrogen) atoms. The Balaban J connectivity index is 2.79. The van der Waals surface area contributed by atoms with Crippen LogP contribution in [0.1, 0.15) is 36.8 Å². The molecule has 1 heterocycles. The van der Waals surface area contributed by atoms with Gasteiger partial charge < -0.3 is 20.1 Å². The number of methoxy groups -OCH3 is 1. The van der Waals surface area contributed by atoms with Gasteiger partial charge in [0, 0.05) is 13.2 Å². The molecule has 7 nitrogen and oxygen atoms in total. The molecule has 116 valence electrons. The van der Waals surface area contributed by atoms with Gasteiger partial charge in [-0.25, -0.2) is 9.59 Å². The Morgan fingerprint density at radius 1 is 1.38 bits per heavy atom. The third kappa shape index (κ3) is 4.94. The molecule has 0 atom stereocenters. The molecule has 0 aromatic carbocycles. The minimum atomic E-state index is -0.570. The molecule has 1 aromatic heterocycles. The number of hydrogen-bond acceptors (Lipinski definition) is 6. The molecule has 7 heteroatoms. The molecule has 1 rings (SSSR count). The van der Waals surface area contributed by atoms with E-state index in [0.29, 0.717) is 11.4 Å². The van der Waals surface area contributed by atoms with Crippen molar-refractivity contribution in [3.8, 4) is 0 Å². The molecule has 0 unspecified atom stereocenters. The van der Waals surface area contributed by atoms with Crippen molar-refractivity contribution >= 4 is 17.7 Å². The largest absolute Gasteiger partial charge is 0.465 e. The first kappa shape index (κ1) is 16.7. The second kappa shape index (κ2) is 6.43. The highest BCUT2D eigenvalue weighted by Gasteiger charge is 2.20. The molecule has 1 amide bonds. The van der Waals surface area contributed by atoms with Crippen molar-refractivity contribution in [3.63, 3.8) is 0 Å². The van der Waals surface area contributed by atoms with E-state index in [-0.39, 0.29) is 12.1 Å². The summed E-state index contributed by atoms with van der Waals surface area (Å²) in [5.41, 5.74) is 6.33. The summed E-state index contributed by atoms with van der Waals surface area (Å²) in [6, 6.07) is 1.47. The first-order valence-electron chi connectivity index (χ1n) is 6.41. The van der Waals surface area contributed by atoms with E-state index in [1.165, 1.54) is 24.3 Å². The van der Waals surface area contributed by atoms with Crippen molar-refractivity contribution in [2.75, 3.05) is 19.9 Å². The van der Waals surface area contributed by atoms with E-state index in [1.807, 2.05) is 0 Å². The van der Waals surface area contributed by atoms with Crippen molar-refractivity contribution < 1.29 is 19.1 Å². The lowest BCUT2D eigenvalue weighted by molar-refractivity contribution is 0.0283. The molecular weight excluding hydrogens is 274 g/mol. The highest BCUT2D eigenvalue weighted by atomic mass is 16.6. The lowest BCUT2D eigenvalue weighted by Gasteiger charge is -2.24. The van der Waals surface area contributed by atoms with E-state index in [2.05, 4.69) is 9.72 Å². The van der Waals surface area contributed by atoms with Crippen molar-refractivity contribution in [3.05, 3.63) is 23.5 Å². The van der Waals surface area contributed by atoms with Crippen LogP contribution in [-0.4, -0.2) is 41.7 Å². The molecule has 0 fully saturated rings. The topological polar surface area (TPSA) is 94.8 Å². The zero-order valence-electron chi connectivity index (χ0n) is 13.0. The number of anilines is 1. The summed E-state index contributed by atoms with van der Waals surface area (Å²) >= 11 is 0. The number of carbonyl (C=O) groups excluding carboxylic acids is 2. The van der Waals surface area contributed by atoms with Crippen molar-refractivity contribution in [1.82, 2.24) is 9.88 Å². The van der Waals surface area contributed by atoms with Crippen molar-refractivity contribution in [1.29, 1.82) is 0 Å². The monoisotopic (exact) mass is 295 g/mol. The molecule has 0 spiro atoms. The zero-order valence-corrected chi connectivity index (χ0v) is 13.0. The number of hydrogen-bond donors (Lipinski definition) is 1. The predicted octanol–water partition coefficient (Wildman–Crippen LogP) is 1.82. The number of aromatic nitrogens is 1. The quantitative estimate of drug-likeness (QED) is 0.855. The number of carbonyl (C=O) groups is 2. The lowest BCUT2D eigenvalue weighted by atomic mass is 10.2. The Labute approximate surface area is 124 Å². The molecule has 0 aliphatic rings. The van der Waals surface area contributed by atoms with E-state index in [0.717, 1.165) is 0 Å². The number of pyridine rings is 1.